The highest BCUT2D eigenvalue weighted by Gasteiger charge is 2.46. The molecular weight excluding hydrogens is 571 g/mol. The minimum Gasteiger partial charge on any atom is -0.208 e. The van der Waals surface area contributed by atoms with Gasteiger partial charge in [0.25, 0.3) is 0 Å². The van der Waals surface area contributed by atoms with Crippen LogP contribution in [0, 0.1) is 0 Å². The fourth-order valence-electron chi connectivity index (χ4n) is 7.26. The molecule has 0 N–H and O–H groups in total. The molecule has 9 rings (SSSR count). The summed E-state index contributed by atoms with van der Waals surface area (Å²) in [5.41, 5.74) is 9.76. The van der Waals surface area contributed by atoms with Gasteiger partial charge in [-0.15, -0.1) is 0 Å². The number of aromatic nitrogens is 3. The maximum Gasteiger partial charge on any atom is 0.164 e. The molecule has 0 aliphatic heterocycles. The monoisotopic (exact) mass is 599 g/mol. The second-order valence-corrected chi connectivity index (χ2v) is 12.0. The molecular formula is C44H29N3. The quantitative estimate of drug-likeness (QED) is 0.198. The van der Waals surface area contributed by atoms with Crippen LogP contribution in [-0.2, 0) is 5.41 Å². The Morgan fingerprint density at radius 3 is 1.53 bits per heavy atom. The summed E-state index contributed by atoms with van der Waals surface area (Å²) in [5, 5.41) is 2.45. The smallest absolute Gasteiger partial charge is 0.164 e. The number of rotatable bonds is 5. The van der Waals surface area contributed by atoms with Gasteiger partial charge in [-0.25, -0.2) is 15.0 Å². The third-order valence-electron chi connectivity index (χ3n) is 9.39. The zero-order valence-corrected chi connectivity index (χ0v) is 25.6. The summed E-state index contributed by atoms with van der Waals surface area (Å²) in [6.45, 7) is 0. The molecule has 7 aromatic carbocycles. The Balaban J connectivity index is 1.33. The van der Waals surface area contributed by atoms with E-state index in [0.717, 1.165) is 16.7 Å². The fourth-order valence-corrected chi connectivity index (χ4v) is 7.26. The molecule has 47 heavy (non-hydrogen) atoms. The van der Waals surface area contributed by atoms with Gasteiger partial charge in [-0.2, -0.15) is 0 Å². The van der Waals surface area contributed by atoms with E-state index in [0.29, 0.717) is 17.5 Å². The first-order valence-electron chi connectivity index (χ1n) is 16.0. The van der Waals surface area contributed by atoms with Gasteiger partial charge in [-0.1, -0.05) is 164 Å². The molecule has 3 heteroatoms. The highest BCUT2D eigenvalue weighted by atomic mass is 15.0. The van der Waals surface area contributed by atoms with Crippen molar-refractivity contribution in [1.29, 1.82) is 0 Å². The van der Waals surface area contributed by atoms with Crippen LogP contribution in [0.2, 0.25) is 0 Å². The Hall–Kier alpha value is -6.19. The van der Waals surface area contributed by atoms with Crippen LogP contribution >= 0.6 is 0 Å². The largest absolute Gasteiger partial charge is 0.208 e. The third-order valence-corrected chi connectivity index (χ3v) is 9.39. The maximum absolute atomic E-state index is 5.09. The van der Waals surface area contributed by atoms with Crippen molar-refractivity contribution in [2.45, 2.75) is 5.41 Å². The number of hydrogen-bond donors (Lipinski definition) is 0. The SMILES string of the molecule is c1ccc(-c2nc(-c3ccccc3)nc(-c3ccc4c(c3)C(c3ccccc3)(c3ccc5ccccc5c3)c3ccccc3-4)n2)cc1. The van der Waals surface area contributed by atoms with Gasteiger partial charge in [0.1, 0.15) is 0 Å². The van der Waals surface area contributed by atoms with Crippen LogP contribution in [0.15, 0.2) is 176 Å². The zero-order valence-electron chi connectivity index (χ0n) is 25.6. The van der Waals surface area contributed by atoms with Crippen molar-refractivity contribution >= 4 is 10.8 Å². The lowest BCUT2D eigenvalue weighted by molar-refractivity contribution is 0.770. The Morgan fingerprint density at radius 2 is 0.851 bits per heavy atom. The van der Waals surface area contributed by atoms with Gasteiger partial charge in [0, 0.05) is 16.7 Å². The zero-order chi connectivity index (χ0) is 31.2. The van der Waals surface area contributed by atoms with Crippen LogP contribution in [0.1, 0.15) is 22.3 Å². The molecule has 0 bridgehead atoms. The molecule has 8 aromatic rings. The van der Waals surface area contributed by atoms with Gasteiger partial charge < -0.3 is 0 Å². The lowest BCUT2D eigenvalue weighted by Crippen LogP contribution is -2.28. The predicted molar refractivity (Wildman–Crippen MR) is 191 cm³/mol. The Labute approximate surface area is 273 Å². The molecule has 1 aromatic heterocycles. The van der Waals surface area contributed by atoms with Gasteiger partial charge in [0.2, 0.25) is 0 Å². The molecule has 0 spiro atoms. The minimum absolute atomic E-state index is 0.537. The topological polar surface area (TPSA) is 38.7 Å². The molecule has 220 valence electrons. The first kappa shape index (κ1) is 27.1. The lowest BCUT2D eigenvalue weighted by atomic mass is 9.67. The number of nitrogens with zero attached hydrogens (tertiary/aromatic N) is 3. The van der Waals surface area contributed by atoms with Crippen LogP contribution < -0.4 is 0 Å². The number of benzene rings is 7. The van der Waals surface area contributed by atoms with E-state index in [1.54, 1.807) is 0 Å². The average molecular weight is 600 g/mol. The lowest BCUT2D eigenvalue weighted by Gasteiger charge is -2.34. The van der Waals surface area contributed by atoms with Crippen LogP contribution in [0.3, 0.4) is 0 Å². The summed E-state index contributed by atoms with van der Waals surface area (Å²) in [4.78, 5) is 15.1. The molecule has 0 radical (unpaired) electrons. The first-order chi connectivity index (χ1) is 23.3. The standard InChI is InChI=1S/C44H29N3/c1-4-15-31(16-5-1)41-45-42(32-17-6-2-7-18-32)47-43(46-41)34-25-27-38-37-22-12-13-23-39(37)44(40(38)29-34,35-20-8-3-9-21-35)36-26-24-30-14-10-11-19-33(30)28-36/h1-29H. The average Bonchev–Trinajstić information content (AvgIpc) is 3.46. The Kier molecular flexibility index (Phi) is 6.36. The summed E-state index contributed by atoms with van der Waals surface area (Å²) in [7, 11) is 0. The molecule has 0 saturated carbocycles. The molecule has 1 atom stereocenters. The highest BCUT2D eigenvalue weighted by Crippen LogP contribution is 2.56. The van der Waals surface area contributed by atoms with Crippen molar-refractivity contribution in [3.05, 3.63) is 198 Å². The molecule has 3 nitrogen and oxygen atoms in total. The van der Waals surface area contributed by atoms with Crippen molar-refractivity contribution in [2.75, 3.05) is 0 Å². The summed E-state index contributed by atoms with van der Waals surface area (Å²) < 4.78 is 0. The summed E-state index contributed by atoms with van der Waals surface area (Å²) in [6, 6.07) is 62.3. The second-order valence-electron chi connectivity index (χ2n) is 12.0. The Bertz CT molecular complexity index is 2340. The second kappa shape index (κ2) is 11.0. The van der Waals surface area contributed by atoms with E-state index in [-0.39, 0.29) is 0 Å². The molecule has 1 aliphatic carbocycles. The van der Waals surface area contributed by atoms with Crippen LogP contribution in [-0.4, -0.2) is 15.0 Å². The number of hydrogen-bond acceptors (Lipinski definition) is 3. The predicted octanol–water partition coefficient (Wildman–Crippen LogP) is 10.4. The van der Waals surface area contributed by atoms with Gasteiger partial charge >= 0.3 is 0 Å². The van der Waals surface area contributed by atoms with E-state index < -0.39 is 5.41 Å². The van der Waals surface area contributed by atoms with Crippen molar-refractivity contribution in [1.82, 2.24) is 15.0 Å². The molecule has 0 fully saturated rings. The van der Waals surface area contributed by atoms with Gasteiger partial charge in [-0.3, -0.25) is 0 Å². The fraction of sp³-hybridized carbons (Fsp3) is 0.0227. The number of fused-ring (bicyclic) bond motifs is 4. The summed E-state index contributed by atoms with van der Waals surface area (Å²) >= 11 is 0. The normalized spacial score (nSPS) is 14.9. The maximum atomic E-state index is 5.09. The minimum atomic E-state index is -0.537. The van der Waals surface area contributed by atoms with Gasteiger partial charge in [0.15, 0.2) is 17.5 Å². The highest BCUT2D eigenvalue weighted by molar-refractivity contribution is 5.90. The van der Waals surface area contributed by atoms with Crippen molar-refractivity contribution < 1.29 is 0 Å². The van der Waals surface area contributed by atoms with E-state index >= 15 is 0 Å². The first-order valence-corrected chi connectivity index (χ1v) is 16.0. The van der Waals surface area contributed by atoms with E-state index in [2.05, 4.69) is 115 Å². The molecule has 1 unspecified atom stereocenters. The van der Waals surface area contributed by atoms with Gasteiger partial charge in [-0.05, 0) is 56.3 Å². The van der Waals surface area contributed by atoms with Crippen LogP contribution in [0.25, 0.3) is 56.1 Å². The molecule has 1 heterocycles. The molecule has 0 saturated heterocycles. The van der Waals surface area contributed by atoms with E-state index in [1.807, 2.05) is 60.7 Å². The van der Waals surface area contributed by atoms with E-state index in [9.17, 15) is 0 Å². The third kappa shape index (κ3) is 4.39. The van der Waals surface area contributed by atoms with Gasteiger partial charge in [0.05, 0.1) is 5.41 Å². The Morgan fingerprint density at radius 1 is 0.319 bits per heavy atom. The van der Waals surface area contributed by atoms with Crippen LogP contribution in [0.4, 0.5) is 0 Å². The van der Waals surface area contributed by atoms with Crippen molar-refractivity contribution in [3.63, 3.8) is 0 Å². The van der Waals surface area contributed by atoms with E-state index in [4.69, 9.17) is 15.0 Å². The molecule has 1 aliphatic rings. The molecule has 0 amide bonds. The summed E-state index contributed by atoms with van der Waals surface area (Å²) in [5.74, 6) is 1.96. The van der Waals surface area contributed by atoms with Crippen molar-refractivity contribution in [3.8, 4) is 45.3 Å². The van der Waals surface area contributed by atoms with Crippen LogP contribution in [0.5, 0.6) is 0 Å². The van der Waals surface area contributed by atoms with Crippen molar-refractivity contribution in [2.24, 2.45) is 0 Å². The van der Waals surface area contributed by atoms with E-state index in [1.165, 1.54) is 44.2 Å². The summed E-state index contributed by atoms with van der Waals surface area (Å²) in [6.07, 6.45) is 0.